The van der Waals surface area contributed by atoms with E-state index >= 15 is 0 Å². The number of hydrogen-bond donors (Lipinski definition) is 3. The molecular weight excluding hydrogens is 270 g/mol. The summed E-state index contributed by atoms with van der Waals surface area (Å²) < 4.78 is 0. The minimum Gasteiger partial charge on any atom is -0.481 e. The highest BCUT2D eigenvalue weighted by molar-refractivity contribution is 5.79. The van der Waals surface area contributed by atoms with Crippen molar-refractivity contribution in [2.75, 3.05) is 0 Å². The molecule has 0 rings (SSSR count). The van der Waals surface area contributed by atoms with Crippen LogP contribution in [0.3, 0.4) is 0 Å². The number of carboxylic acid groups (broad SMARTS) is 2. The van der Waals surface area contributed by atoms with Crippen molar-refractivity contribution < 1.29 is 19.8 Å². The van der Waals surface area contributed by atoms with Gasteiger partial charge in [-0.2, -0.15) is 0 Å². The van der Waals surface area contributed by atoms with Gasteiger partial charge in [-0.15, -0.1) is 0 Å². The standard InChI is InChI=1S/C16H28O4.H3N/c1-2-3-4-5-6-7-8-9-10-11-12-14(16(19)20)13-15(17)18;/h11-12,14H,2-10,13H2,1H3,(H,17,18)(H,19,20);1H3. The van der Waals surface area contributed by atoms with Crippen molar-refractivity contribution in [1.82, 2.24) is 6.15 Å². The van der Waals surface area contributed by atoms with E-state index in [2.05, 4.69) is 6.92 Å². The SMILES string of the molecule is CCCCCCCCCCC=CC(CC(=O)O)C(=O)O.N. The van der Waals surface area contributed by atoms with Crippen LogP contribution in [0.25, 0.3) is 0 Å². The lowest BCUT2D eigenvalue weighted by atomic mass is 10.0. The molecule has 5 heteroatoms. The first-order valence-electron chi connectivity index (χ1n) is 7.69. The molecule has 0 aliphatic rings. The number of unbranched alkanes of at least 4 members (excludes halogenated alkanes) is 8. The Labute approximate surface area is 128 Å². The maximum Gasteiger partial charge on any atom is 0.310 e. The molecule has 0 bridgehead atoms. The maximum atomic E-state index is 10.8. The van der Waals surface area contributed by atoms with E-state index in [4.69, 9.17) is 10.2 Å². The fourth-order valence-corrected chi connectivity index (χ4v) is 2.08. The van der Waals surface area contributed by atoms with Gasteiger partial charge in [-0.1, -0.05) is 64.0 Å². The molecule has 0 aromatic carbocycles. The molecule has 5 nitrogen and oxygen atoms in total. The van der Waals surface area contributed by atoms with Crippen molar-refractivity contribution in [2.24, 2.45) is 5.92 Å². The second-order valence-electron chi connectivity index (χ2n) is 5.23. The number of allylic oxidation sites excluding steroid dienone is 1. The molecule has 0 fully saturated rings. The van der Waals surface area contributed by atoms with Gasteiger partial charge in [-0.05, 0) is 12.8 Å². The zero-order valence-electron chi connectivity index (χ0n) is 13.2. The second-order valence-corrected chi connectivity index (χ2v) is 5.23. The van der Waals surface area contributed by atoms with E-state index in [0.29, 0.717) is 0 Å². The van der Waals surface area contributed by atoms with E-state index < -0.39 is 17.9 Å². The lowest BCUT2D eigenvalue weighted by Crippen LogP contribution is -2.15. The summed E-state index contributed by atoms with van der Waals surface area (Å²) in [7, 11) is 0. The Hall–Kier alpha value is -1.36. The van der Waals surface area contributed by atoms with Crippen molar-refractivity contribution >= 4 is 11.9 Å². The summed E-state index contributed by atoms with van der Waals surface area (Å²) in [5.74, 6) is -3.05. The van der Waals surface area contributed by atoms with Crippen molar-refractivity contribution in [3.8, 4) is 0 Å². The average Bonchev–Trinajstić information content (AvgIpc) is 2.39. The van der Waals surface area contributed by atoms with E-state index in [-0.39, 0.29) is 12.6 Å². The second kappa shape index (κ2) is 15.0. The van der Waals surface area contributed by atoms with E-state index in [1.165, 1.54) is 44.6 Å². The van der Waals surface area contributed by atoms with Crippen LogP contribution in [0.1, 0.15) is 71.1 Å². The van der Waals surface area contributed by atoms with Crippen molar-refractivity contribution in [3.63, 3.8) is 0 Å². The van der Waals surface area contributed by atoms with Crippen LogP contribution >= 0.6 is 0 Å². The van der Waals surface area contributed by atoms with Gasteiger partial charge in [0, 0.05) is 0 Å². The molecule has 0 heterocycles. The van der Waals surface area contributed by atoms with Crippen LogP contribution in [0.2, 0.25) is 0 Å². The minimum atomic E-state index is -1.07. The fourth-order valence-electron chi connectivity index (χ4n) is 2.08. The number of carbonyl (C=O) groups is 2. The number of rotatable bonds is 13. The summed E-state index contributed by atoms with van der Waals surface area (Å²) in [4.78, 5) is 21.3. The fraction of sp³-hybridized carbons (Fsp3) is 0.750. The number of hydrogen-bond acceptors (Lipinski definition) is 3. The summed E-state index contributed by atoms with van der Waals surface area (Å²) in [6.07, 6.45) is 13.7. The highest BCUT2D eigenvalue weighted by atomic mass is 16.4. The quantitative estimate of drug-likeness (QED) is 0.345. The Morgan fingerprint density at radius 1 is 0.952 bits per heavy atom. The van der Waals surface area contributed by atoms with Crippen molar-refractivity contribution in [1.29, 1.82) is 0 Å². The first-order chi connectivity index (χ1) is 9.57. The Morgan fingerprint density at radius 3 is 1.95 bits per heavy atom. The topological polar surface area (TPSA) is 110 Å². The lowest BCUT2D eigenvalue weighted by molar-refractivity contribution is -0.146. The van der Waals surface area contributed by atoms with E-state index in [1.807, 2.05) is 0 Å². The van der Waals surface area contributed by atoms with Gasteiger partial charge in [0.2, 0.25) is 0 Å². The van der Waals surface area contributed by atoms with Gasteiger partial charge in [0.15, 0.2) is 0 Å². The summed E-state index contributed by atoms with van der Waals surface area (Å²) in [5, 5.41) is 17.4. The van der Waals surface area contributed by atoms with Gasteiger partial charge in [-0.25, -0.2) is 0 Å². The molecule has 0 aromatic rings. The van der Waals surface area contributed by atoms with Crippen LogP contribution < -0.4 is 6.15 Å². The third-order valence-corrected chi connectivity index (χ3v) is 3.30. The van der Waals surface area contributed by atoms with E-state index in [0.717, 1.165) is 19.3 Å². The summed E-state index contributed by atoms with van der Waals surface area (Å²) in [6, 6.07) is 0. The Kier molecular flexibility index (Phi) is 15.7. The molecule has 0 aromatic heterocycles. The minimum absolute atomic E-state index is 0. The van der Waals surface area contributed by atoms with Gasteiger partial charge >= 0.3 is 11.9 Å². The lowest BCUT2D eigenvalue weighted by Gasteiger charge is -2.03. The molecular formula is C16H31NO4. The van der Waals surface area contributed by atoms with Crippen LogP contribution in [0.5, 0.6) is 0 Å². The molecule has 5 N–H and O–H groups in total. The summed E-state index contributed by atoms with van der Waals surface area (Å²) >= 11 is 0. The summed E-state index contributed by atoms with van der Waals surface area (Å²) in [6.45, 7) is 2.21. The highest BCUT2D eigenvalue weighted by Crippen LogP contribution is 2.11. The monoisotopic (exact) mass is 301 g/mol. The largest absolute Gasteiger partial charge is 0.481 e. The van der Waals surface area contributed by atoms with Gasteiger partial charge < -0.3 is 16.4 Å². The molecule has 0 aliphatic heterocycles. The number of aliphatic carboxylic acids is 2. The van der Waals surface area contributed by atoms with Crippen LogP contribution in [0.4, 0.5) is 0 Å². The molecule has 21 heavy (non-hydrogen) atoms. The first-order valence-corrected chi connectivity index (χ1v) is 7.69. The molecule has 0 amide bonds. The molecule has 0 radical (unpaired) electrons. The van der Waals surface area contributed by atoms with Gasteiger partial charge in [-0.3, -0.25) is 9.59 Å². The predicted molar refractivity (Wildman–Crippen MR) is 84.8 cm³/mol. The smallest absolute Gasteiger partial charge is 0.310 e. The molecule has 1 unspecified atom stereocenters. The molecule has 124 valence electrons. The highest BCUT2D eigenvalue weighted by Gasteiger charge is 2.17. The maximum absolute atomic E-state index is 10.8. The third-order valence-electron chi connectivity index (χ3n) is 3.30. The normalized spacial score (nSPS) is 12.0. The molecule has 0 saturated carbocycles. The van der Waals surface area contributed by atoms with Gasteiger partial charge in [0.25, 0.3) is 0 Å². The average molecular weight is 301 g/mol. The Morgan fingerprint density at radius 2 is 1.48 bits per heavy atom. The van der Waals surface area contributed by atoms with Crippen LogP contribution in [-0.4, -0.2) is 22.2 Å². The Balaban J connectivity index is 0. The van der Waals surface area contributed by atoms with Crippen LogP contribution in [0.15, 0.2) is 12.2 Å². The first kappa shape index (κ1) is 21.9. The molecule has 0 saturated heterocycles. The van der Waals surface area contributed by atoms with Crippen molar-refractivity contribution in [2.45, 2.75) is 71.1 Å². The van der Waals surface area contributed by atoms with Gasteiger partial charge in [0.1, 0.15) is 0 Å². The third kappa shape index (κ3) is 14.9. The van der Waals surface area contributed by atoms with Gasteiger partial charge in [0.05, 0.1) is 12.3 Å². The number of carboxylic acids is 2. The molecule has 0 spiro atoms. The molecule has 0 aliphatic carbocycles. The van der Waals surface area contributed by atoms with Crippen LogP contribution in [0, 0.1) is 5.92 Å². The molecule has 1 atom stereocenters. The van der Waals surface area contributed by atoms with E-state index in [9.17, 15) is 9.59 Å². The zero-order chi connectivity index (χ0) is 15.2. The Bertz CT molecular complexity index is 303. The summed E-state index contributed by atoms with van der Waals surface area (Å²) in [5.41, 5.74) is 0. The van der Waals surface area contributed by atoms with Crippen LogP contribution in [-0.2, 0) is 9.59 Å². The van der Waals surface area contributed by atoms with E-state index in [1.54, 1.807) is 6.08 Å². The van der Waals surface area contributed by atoms with Crippen molar-refractivity contribution in [3.05, 3.63) is 12.2 Å². The zero-order valence-corrected chi connectivity index (χ0v) is 13.2. The predicted octanol–water partition coefficient (Wildman–Crippen LogP) is 4.41.